The summed E-state index contributed by atoms with van der Waals surface area (Å²) in [5, 5.41) is 2.74. The third kappa shape index (κ3) is 6.66. The molecule has 0 aliphatic heterocycles. The number of nitrogens with two attached hydrogens (primary N) is 1. The molecular formula is C15H22N2O3S. The number of ether oxygens (including phenoxy) is 2. The highest BCUT2D eigenvalue weighted by Gasteiger charge is 2.15. The van der Waals surface area contributed by atoms with Crippen LogP contribution in [0.2, 0.25) is 0 Å². The molecule has 0 fully saturated rings. The summed E-state index contributed by atoms with van der Waals surface area (Å²) in [7, 11) is 1.66. The number of thiocarbonyl (C=S) groups is 1. The fourth-order valence-corrected chi connectivity index (χ4v) is 1.64. The van der Waals surface area contributed by atoms with E-state index in [1.165, 1.54) is 0 Å². The van der Waals surface area contributed by atoms with Gasteiger partial charge in [-0.2, -0.15) is 0 Å². The second-order valence-electron chi connectivity index (χ2n) is 5.26. The minimum Gasteiger partial charge on any atom is -0.389 e. The molecule has 1 rings (SSSR count). The van der Waals surface area contributed by atoms with Gasteiger partial charge in [-0.15, -0.1) is 0 Å². The van der Waals surface area contributed by atoms with E-state index in [-0.39, 0.29) is 18.1 Å². The van der Waals surface area contributed by atoms with Gasteiger partial charge in [-0.3, -0.25) is 4.79 Å². The lowest BCUT2D eigenvalue weighted by Gasteiger charge is -2.22. The van der Waals surface area contributed by atoms with Gasteiger partial charge in [-0.05, 0) is 44.5 Å². The molecule has 5 nitrogen and oxygen atoms in total. The fourth-order valence-electron chi connectivity index (χ4n) is 1.50. The monoisotopic (exact) mass is 310 g/mol. The molecule has 0 aliphatic rings. The van der Waals surface area contributed by atoms with Crippen LogP contribution in [0.15, 0.2) is 24.3 Å². The fraction of sp³-hybridized carbons (Fsp3) is 0.467. The zero-order chi connectivity index (χ0) is 15.9. The number of rotatable bonds is 8. The van der Waals surface area contributed by atoms with Crippen LogP contribution in [0.4, 0.5) is 5.69 Å². The lowest BCUT2D eigenvalue weighted by molar-refractivity contribution is -0.121. The average Bonchev–Trinajstić information content (AvgIpc) is 2.44. The van der Waals surface area contributed by atoms with E-state index in [1.807, 2.05) is 13.8 Å². The van der Waals surface area contributed by atoms with Crippen LogP contribution in [0, 0.1) is 0 Å². The van der Waals surface area contributed by atoms with Crippen molar-refractivity contribution in [3.05, 3.63) is 29.8 Å². The molecule has 0 spiro atoms. The van der Waals surface area contributed by atoms with E-state index in [0.29, 0.717) is 17.3 Å². The molecule has 0 bridgehead atoms. The molecule has 1 aromatic carbocycles. The zero-order valence-corrected chi connectivity index (χ0v) is 13.5. The standard InChI is InChI=1S/C15H22N2O3S/c1-15(2,19-3)8-9-20-10-13(18)17-12-6-4-11(5-7-12)14(16)21/h4-7H,8-10H2,1-3H3,(H2,16,21)(H,17,18). The van der Waals surface area contributed by atoms with Gasteiger partial charge in [0.1, 0.15) is 11.6 Å². The van der Waals surface area contributed by atoms with Crippen molar-refractivity contribution >= 4 is 28.8 Å². The van der Waals surface area contributed by atoms with Gasteiger partial charge in [0, 0.05) is 25.0 Å². The molecule has 0 radical (unpaired) electrons. The lowest BCUT2D eigenvalue weighted by atomic mass is 10.1. The Morgan fingerprint density at radius 3 is 2.48 bits per heavy atom. The molecule has 6 heteroatoms. The van der Waals surface area contributed by atoms with Gasteiger partial charge in [0.05, 0.1) is 5.60 Å². The van der Waals surface area contributed by atoms with Crippen LogP contribution in [0.25, 0.3) is 0 Å². The average molecular weight is 310 g/mol. The number of hydrogen-bond donors (Lipinski definition) is 2. The Labute approximate surface area is 130 Å². The number of benzene rings is 1. The molecule has 0 aliphatic carbocycles. The number of carbonyl (C=O) groups is 1. The van der Waals surface area contributed by atoms with Crippen LogP contribution < -0.4 is 11.1 Å². The van der Waals surface area contributed by atoms with E-state index >= 15 is 0 Å². The summed E-state index contributed by atoms with van der Waals surface area (Å²) < 4.78 is 10.6. The second kappa shape index (κ2) is 8.07. The minimum atomic E-state index is -0.243. The van der Waals surface area contributed by atoms with Gasteiger partial charge >= 0.3 is 0 Å². The molecule has 1 aromatic rings. The molecule has 21 heavy (non-hydrogen) atoms. The maximum absolute atomic E-state index is 11.7. The summed E-state index contributed by atoms with van der Waals surface area (Å²) in [5.74, 6) is -0.201. The van der Waals surface area contributed by atoms with Crippen molar-refractivity contribution in [1.82, 2.24) is 0 Å². The summed E-state index contributed by atoms with van der Waals surface area (Å²) in [6, 6.07) is 7.03. The molecule has 116 valence electrons. The number of carbonyl (C=O) groups excluding carboxylic acids is 1. The van der Waals surface area contributed by atoms with E-state index < -0.39 is 0 Å². The Balaban J connectivity index is 2.32. The van der Waals surface area contributed by atoms with Crippen LogP contribution in [0.5, 0.6) is 0 Å². The van der Waals surface area contributed by atoms with Crippen molar-refractivity contribution in [2.75, 3.05) is 25.6 Å². The summed E-state index contributed by atoms with van der Waals surface area (Å²) in [6.45, 7) is 4.42. The molecular weight excluding hydrogens is 288 g/mol. The number of anilines is 1. The van der Waals surface area contributed by atoms with Gasteiger partial charge in [0.25, 0.3) is 0 Å². The van der Waals surface area contributed by atoms with Gasteiger partial charge in [0.2, 0.25) is 5.91 Å². The number of amides is 1. The predicted molar refractivity (Wildman–Crippen MR) is 87.5 cm³/mol. The molecule has 0 heterocycles. The van der Waals surface area contributed by atoms with E-state index in [0.717, 1.165) is 12.0 Å². The number of methoxy groups -OCH3 is 1. The smallest absolute Gasteiger partial charge is 0.250 e. The number of hydrogen-bond acceptors (Lipinski definition) is 4. The third-order valence-electron chi connectivity index (χ3n) is 3.09. The molecule has 1 amide bonds. The summed E-state index contributed by atoms with van der Waals surface area (Å²) in [6.07, 6.45) is 0.722. The Bertz CT molecular complexity index is 486. The zero-order valence-electron chi connectivity index (χ0n) is 12.6. The Morgan fingerprint density at radius 2 is 1.95 bits per heavy atom. The van der Waals surface area contributed by atoms with Gasteiger partial charge in [-0.1, -0.05) is 12.2 Å². The van der Waals surface area contributed by atoms with Crippen LogP contribution in [-0.2, 0) is 14.3 Å². The maximum atomic E-state index is 11.7. The van der Waals surface area contributed by atoms with Crippen molar-refractivity contribution in [3.8, 4) is 0 Å². The van der Waals surface area contributed by atoms with E-state index in [4.69, 9.17) is 27.4 Å². The van der Waals surface area contributed by atoms with Crippen LogP contribution >= 0.6 is 12.2 Å². The van der Waals surface area contributed by atoms with Crippen LogP contribution in [0.3, 0.4) is 0 Å². The molecule has 0 saturated heterocycles. The predicted octanol–water partition coefficient (Wildman–Crippen LogP) is 2.09. The normalized spacial score (nSPS) is 11.2. The highest BCUT2D eigenvalue weighted by molar-refractivity contribution is 7.80. The maximum Gasteiger partial charge on any atom is 0.250 e. The van der Waals surface area contributed by atoms with Gasteiger partial charge < -0.3 is 20.5 Å². The van der Waals surface area contributed by atoms with Crippen molar-refractivity contribution in [2.24, 2.45) is 5.73 Å². The quantitative estimate of drug-likeness (QED) is 0.568. The molecule has 0 atom stereocenters. The van der Waals surface area contributed by atoms with Crippen molar-refractivity contribution < 1.29 is 14.3 Å². The minimum absolute atomic E-state index is 0.0108. The Hall–Kier alpha value is -1.50. The van der Waals surface area contributed by atoms with E-state index in [2.05, 4.69) is 5.32 Å². The SMILES string of the molecule is COC(C)(C)CCOCC(=O)Nc1ccc(C(N)=S)cc1. The first-order valence-electron chi connectivity index (χ1n) is 6.67. The van der Waals surface area contributed by atoms with E-state index in [9.17, 15) is 4.79 Å². The third-order valence-corrected chi connectivity index (χ3v) is 3.32. The number of nitrogens with one attached hydrogen (secondary N) is 1. The topological polar surface area (TPSA) is 73.6 Å². The lowest BCUT2D eigenvalue weighted by Crippen LogP contribution is -2.26. The molecule has 0 saturated carbocycles. The first kappa shape index (κ1) is 17.6. The van der Waals surface area contributed by atoms with Crippen molar-refractivity contribution in [2.45, 2.75) is 25.9 Å². The molecule has 3 N–H and O–H groups in total. The Morgan fingerprint density at radius 1 is 1.33 bits per heavy atom. The second-order valence-corrected chi connectivity index (χ2v) is 5.70. The van der Waals surface area contributed by atoms with E-state index in [1.54, 1.807) is 31.4 Å². The van der Waals surface area contributed by atoms with Crippen LogP contribution in [0.1, 0.15) is 25.8 Å². The summed E-state index contributed by atoms with van der Waals surface area (Å²) in [4.78, 5) is 12.0. The first-order valence-corrected chi connectivity index (χ1v) is 7.07. The van der Waals surface area contributed by atoms with Crippen molar-refractivity contribution in [3.63, 3.8) is 0 Å². The van der Waals surface area contributed by atoms with Gasteiger partial charge in [0.15, 0.2) is 0 Å². The van der Waals surface area contributed by atoms with Crippen molar-refractivity contribution in [1.29, 1.82) is 0 Å². The highest BCUT2D eigenvalue weighted by atomic mass is 32.1. The first-order chi connectivity index (χ1) is 9.84. The molecule has 0 aromatic heterocycles. The summed E-state index contributed by atoms with van der Waals surface area (Å²) >= 11 is 4.86. The van der Waals surface area contributed by atoms with Crippen LogP contribution in [-0.4, -0.2) is 36.8 Å². The molecule has 0 unspecified atom stereocenters. The largest absolute Gasteiger partial charge is 0.389 e. The highest BCUT2D eigenvalue weighted by Crippen LogP contribution is 2.12. The summed E-state index contributed by atoms with van der Waals surface area (Å²) in [5.41, 5.74) is 6.71. The Kier molecular flexibility index (Phi) is 6.74. The van der Waals surface area contributed by atoms with Gasteiger partial charge in [-0.25, -0.2) is 0 Å².